The molecule has 0 saturated heterocycles. The first kappa shape index (κ1) is 12.5. The number of carbonyl (C=O) groups excluding carboxylic acids is 1. The third kappa shape index (κ3) is 1.89. The van der Waals surface area contributed by atoms with Gasteiger partial charge in [0.15, 0.2) is 5.17 Å². The zero-order valence-corrected chi connectivity index (χ0v) is 12.2. The van der Waals surface area contributed by atoms with Crippen molar-refractivity contribution in [1.29, 1.82) is 0 Å². The molecule has 0 spiro atoms. The summed E-state index contributed by atoms with van der Waals surface area (Å²) in [6, 6.07) is 0.567. The van der Waals surface area contributed by atoms with Crippen LogP contribution in [0.2, 0.25) is 0 Å². The van der Waals surface area contributed by atoms with Crippen LogP contribution < -0.4 is 5.32 Å². The Balaban J connectivity index is 1.65. The summed E-state index contributed by atoms with van der Waals surface area (Å²) in [7, 11) is 0. The minimum atomic E-state index is -0.361. The Bertz CT molecular complexity index is 407. The summed E-state index contributed by atoms with van der Waals surface area (Å²) in [5.74, 6) is 2.09. The molecule has 18 heavy (non-hydrogen) atoms. The molecule has 3 nitrogen and oxygen atoms in total. The third-order valence-electron chi connectivity index (χ3n) is 5.09. The first-order chi connectivity index (χ1) is 8.49. The molecule has 1 aliphatic heterocycles. The zero-order valence-electron chi connectivity index (χ0n) is 11.4. The first-order valence-electron chi connectivity index (χ1n) is 7.07. The van der Waals surface area contributed by atoms with Crippen molar-refractivity contribution in [1.82, 2.24) is 5.32 Å². The molecule has 3 rings (SSSR count). The van der Waals surface area contributed by atoms with Crippen LogP contribution in [-0.4, -0.2) is 21.9 Å². The molecule has 100 valence electrons. The highest BCUT2D eigenvalue weighted by Crippen LogP contribution is 2.46. The largest absolute Gasteiger partial charge is 0.361 e. The molecular formula is C14H22N2OS. The lowest BCUT2D eigenvalue weighted by atomic mass is 9.96. The summed E-state index contributed by atoms with van der Waals surface area (Å²) in [5.41, 5.74) is 0. The second-order valence-corrected chi connectivity index (χ2v) is 7.95. The van der Waals surface area contributed by atoms with Crippen molar-refractivity contribution >= 4 is 22.8 Å². The van der Waals surface area contributed by atoms with Gasteiger partial charge in [0, 0.05) is 6.04 Å². The second kappa shape index (κ2) is 4.26. The fourth-order valence-corrected chi connectivity index (χ4v) is 4.59. The molecular weight excluding hydrogens is 244 g/mol. The maximum Gasteiger partial charge on any atom is 0.264 e. The number of amides is 1. The second-order valence-electron chi connectivity index (χ2n) is 6.51. The number of aliphatic imine (C=N–C) groups is 1. The van der Waals surface area contributed by atoms with Gasteiger partial charge in [0.05, 0.1) is 0 Å². The standard InChI is InChI=1S/C14H22N2OS/c1-8(2)14(3)12(17)16-13(18-14)15-11-7-9-4-5-10(11)6-9/h8-11H,4-7H2,1-3H3,(H,15,16,17)/t9-,10+,11+,14?/m0/s1. The SMILES string of the molecule is CC(C)C1(C)SC(N[C@@H]2C[C@H]3CC[C@@H]2C3)=NC1=O. The fourth-order valence-electron chi connectivity index (χ4n) is 3.48. The number of nitrogens with one attached hydrogen (secondary N) is 1. The molecule has 4 heteroatoms. The molecule has 2 saturated carbocycles. The van der Waals surface area contributed by atoms with E-state index in [4.69, 9.17) is 0 Å². The first-order valence-corrected chi connectivity index (χ1v) is 7.89. The van der Waals surface area contributed by atoms with E-state index < -0.39 is 0 Å². The van der Waals surface area contributed by atoms with Crippen molar-refractivity contribution in [3.8, 4) is 0 Å². The van der Waals surface area contributed by atoms with Gasteiger partial charge in [0.1, 0.15) is 4.75 Å². The van der Waals surface area contributed by atoms with Crippen molar-refractivity contribution in [2.24, 2.45) is 22.7 Å². The molecule has 0 aromatic rings. The smallest absolute Gasteiger partial charge is 0.264 e. The predicted octanol–water partition coefficient (Wildman–Crippen LogP) is 2.81. The maximum absolute atomic E-state index is 12.0. The summed E-state index contributed by atoms with van der Waals surface area (Å²) in [4.78, 5) is 16.3. The average Bonchev–Trinajstić information content (AvgIpc) is 2.95. The van der Waals surface area contributed by atoms with E-state index >= 15 is 0 Å². The molecule has 1 amide bonds. The molecule has 1 unspecified atom stereocenters. The molecule has 1 N–H and O–H groups in total. The van der Waals surface area contributed by atoms with E-state index in [0.29, 0.717) is 12.0 Å². The van der Waals surface area contributed by atoms with Crippen molar-refractivity contribution < 1.29 is 4.79 Å². The molecule has 0 aromatic carbocycles. The van der Waals surface area contributed by atoms with Crippen LogP contribution in [0.25, 0.3) is 0 Å². The Kier molecular flexibility index (Phi) is 2.96. The molecule has 2 aliphatic carbocycles. The van der Waals surface area contributed by atoms with Gasteiger partial charge in [-0.2, -0.15) is 4.99 Å². The summed E-state index contributed by atoms with van der Waals surface area (Å²) in [5, 5.41) is 4.41. The minimum Gasteiger partial charge on any atom is -0.361 e. The Hall–Kier alpha value is -0.510. The number of hydrogen-bond acceptors (Lipinski definition) is 3. The zero-order chi connectivity index (χ0) is 12.9. The Morgan fingerprint density at radius 1 is 1.39 bits per heavy atom. The van der Waals surface area contributed by atoms with Crippen LogP contribution >= 0.6 is 11.8 Å². The van der Waals surface area contributed by atoms with Gasteiger partial charge in [-0.05, 0) is 43.9 Å². The van der Waals surface area contributed by atoms with Gasteiger partial charge in [0.25, 0.3) is 5.91 Å². The van der Waals surface area contributed by atoms with Gasteiger partial charge in [0.2, 0.25) is 0 Å². The Morgan fingerprint density at radius 3 is 2.67 bits per heavy atom. The summed E-state index contributed by atoms with van der Waals surface area (Å²) in [6.07, 6.45) is 5.42. The van der Waals surface area contributed by atoms with Crippen LogP contribution in [0.1, 0.15) is 46.5 Å². The molecule has 0 aromatic heterocycles. The Labute approximate surface area is 113 Å². The highest BCUT2D eigenvalue weighted by Gasteiger charge is 2.46. The highest BCUT2D eigenvalue weighted by molar-refractivity contribution is 8.16. The van der Waals surface area contributed by atoms with Crippen molar-refractivity contribution in [2.45, 2.75) is 57.2 Å². The van der Waals surface area contributed by atoms with Gasteiger partial charge >= 0.3 is 0 Å². The van der Waals surface area contributed by atoms with Gasteiger partial charge in [-0.15, -0.1) is 0 Å². The van der Waals surface area contributed by atoms with Crippen LogP contribution in [0, 0.1) is 17.8 Å². The topological polar surface area (TPSA) is 41.5 Å². The molecule has 0 radical (unpaired) electrons. The fraction of sp³-hybridized carbons (Fsp3) is 0.857. The van der Waals surface area contributed by atoms with E-state index in [2.05, 4.69) is 24.2 Å². The highest BCUT2D eigenvalue weighted by atomic mass is 32.2. The number of hydrogen-bond donors (Lipinski definition) is 1. The van der Waals surface area contributed by atoms with Crippen LogP contribution in [0.3, 0.4) is 0 Å². The molecule has 3 aliphatic rings. The quantitative estimate of drug-likeness (QED) is 0.835. The molecule has 4 atom stereocenters. The van der Waals surface area contributed by atoms with Crippen LogP contribution in [-0.2, 0) is 4.79 Å². The van der Waals surface area contributed by atoms with Crippen molar-refractivity contribution in [2.75, 3.05) is 0 Å². The van der Waals surface area contributed by atoms with Gasteiger partial charge in [-0.25, -0.2) is 0 Å². The van der Waals surface area contributed by atoms with Crippen LogP contribution in [0.5, 0.6) is 0 Å². The monoisotopic (exact) mass is 266 g/mol. The van der Waals surface area contributed by atoms with Gasteiger partial charge in [-0.1, -0.05) is 32.0 Å². The van der Waals surface area contributed by atoms with Crippen molar-refractivity contribution in [3.63, 3.8) is 0 Å². The van der Waals surface area contributed by atoms with Gasteiger partial charge in [-0.3, -0.25) is 4.79 Å². The third-order valence-corrected chi connectivity index (χ3v) is 6.56. The van der Waals surface area contributed by atoms with Crippen LogP contribution in [0.4, 0.5) is 0 Å². The number of carbonyl (C=O) groups is 1. The lowest BCUT2D eigenvalue weighted by Gasteiger charge is -2.26. The van der Waals surface area contributed by atoms with E-state index in [1.54, 1.807) is 11.8 Å². The number of amidine groups is 1. The Morgan fingerprint density at radius 2 is 2.17 bits per heavy atom. The van der Waals surface area contributed by atoms with E-state index in [-0.39, 0.29) is 10.7 Å². The van der Waals surface area contributed by atoms with E-state index in [1.165, 1.54) is 25.7 Å². The molecule has 2 fully saturated rings. The maximum atomic E-state index is 12.0. The number of fused-ring (bicyclic) bond motifs is 2. The number of thioether (sulfide) groups is 1. The normalized spacial score (nSPS) is 42.8. The van der Waals surface area contributed by atoms with E-state index in [9.17, 15) is 4.79 Å². The number of nitrogens with zero attached hydrogens (tertiary/aromatic N) is 1. The van der Waals surface area contributed by atoms with E-state index in [0.717, 1.165) is 17.0 Å². The average molecular weight is 266 g/mol. The molecule has 1 heterocycles. The predicted molar refractivity (Wildman–Crippen MR) is 75.6 cm³/mol. The summed E-state index contributed by atoms with van der Waals surface area (Å²) < 4.78 is -0.361. The summed E-state index contributed by atoms with van der Waals surface area (Å²) >= 11 is 1.63. The van der Waals surface area contributed by atoms with Crippen LogP contribution in [0.15, 0.2) is 4.99 Å². The summed E-state index contributed by atoms with van der Waals surface area (Å²) in [6.45, 7) is 6.21. The minimum absolute atomic E-state index is 0.0353. The number of rotatable bonds is 2. The van der Waals surface area contributed by atoms with E-state index in [1.807, 2.05) is 6.92 Å². The van der Waals surface area contributed by atoms with Gasteiger partial charge < -0.3 is 5.32 Å². The lowest BCUT2D eigenvalue weighted by molar-refractivity contribution is -0.120. The molecule has 2 bridgehead atoms. The lowest BCUT2D eigenvalue weighted by Crippen LogP contribution is -2.38. The van der Waals surface area contributed by atoms with Crippen molar-refractivity contribution in [3.05, 3.63) is 0 Å².